The number of rotatable bonds is 8. The molecule has 3 nitrogen and oxygen atoms in total. The van der Waals surface area contributed by atoms with Crippen LogP contribution in [0, 0.1) is 23.7 Å². The molecule has 0 aliphatic heterocycles. The predicted octanol–water partition coefficient (Wildman–Crippen LogP) is 3.50. The van der Waals surface area contributed by atoms with Gasteiger partial charge in [0.15, 0.2) is 0 Å². The van der Waals surface area contributed by atoms with Gasteiger partial charge < -0.3 is 5.32 Å². The van der Waals surface area contributed by atoms with E-state index in [0.717, 1.165) is 37.1 Å². The Labute approximate surface area is 132 Å². The quantitative estimate of drug-likeness (QED) is 0.745. The minimum atomic E-state index is -2.81. The van der Waals surface area contributed by atoms with Crippen LogP contribution in [0.25, 0.3) is 0 Å². The second kappa shape index (κ2) is 8.52. The van der Waals surface area contributed by atoms with Crippen LogP contribution in [0.3, 0.4) is 0 Å². The molecule has 0 radical (unpaired) electrons. The van der Waals surface area contributed by atoms with Crippen molar-refractivity contribution in [1.82, 2.24) is 5.32 Å². The van der Waals surface area contributed by atoms with Gasteiger partial charge in [-0.2, -0.15) is 0 Å². The molecule has 1 fully saturated rings. The summed E-state index contributed by atoms with van der Waals surface area (Å²) >= 11 is 0. The average molecular weight is 318 g/mol. The van der Waals surface area contributed by atoms with E-state index in [1.54, 1.807) is 0 Å². The van der Waals surface area contributed by atoms with Crippen LogP contribution >= 0.6 is 0 Å². The van der Waals surface area contributed by atoms with Crippen LogP contribution in [0.15, 0.2) is 0 Å². The first-order valence-electron chi connectivity index (χ1n) is 8.60. The van der Waals surface area contributed by atoms with Crippen molar-refractivity contribution < 1.29 is 8.42 Å². The first kappa shape index (κ1) is 19.0. The zero-order valence-corrected chi connectivity index (χ0v) is 15.4. The summed E-state index contributed by atoms with van der Waals surface area (Å²) in [4.78, 5) is 0. The topological polar surface area (TPSA) is 46.2 Å². The van der Waals surface area contributed by atoms with E-state index < -0.39 is 9.84 Å². The lowest BCUT2D eigenvalue weighted by molar-refractivity contribution is 0.135. The fourth-order valence-electron chi connectivity index (χ4n) is 3.59. The Balaban J connectivity index is 2.55. The van der Waals surface area contributed by atoms with Gasteiger partial charge in [-0.3, -0.25) is 0 Å². The molecule has 4 heteroatoms. The van der Waals surface area contributed by atoms with Gasteiger partial charge in [-0.25, -0.2) is 8.42 Å². The smallest absolute Gasteiger partial charge is 0.147 e. The Morgan fingerprint density at radius 3 is 2.29 bits per heavy atom. The summed E-state index contributed by atoms with van der Waals surface area (Å²) in [7, 11) is -2.81. The molecule has 126 valence electrons. The molecule has 1 aliphatic rings. The summed E-state index contributed by atoms with van der Waals surface area (Å²) in [6, 6.07) is 0.532. The molecule has 1 saturated carbocycles. The maximum atomic E-state index is 11.3. The van der Waals surface area contributed by atoms with Crippen LogP contribution in [-0.4, -0.2) is 33.0 Å². The fraction of sp³-hybridized carbons (Fsp3) is 1.00. The predicted molar refractivity (Wildman–Crippen MR) is 91.2 cm³/mol. The molecule has 1 N–H and O–H groups in total. The van der Waals surface area contributed by atoms with Crippen LogP contribution in [-0.2, 0) is 9.84 Å². The Hall–Kier alpha value is -0.0900. The Bertz CT molecular complexity index is 390. The van der Waals surface area contributed by atoms with Crippen molar-refractivity contribution in [3.05, 3.63) is 0 Å². The first-order chi connectivity index (χ1) is 9.69. The highest BCUT2D eigenvalue weighted by Crippen LogP contribution is 2.39. The molecule has 1 rings (SSSR count). The maximum absolute atomic E-state index is 11.3. The second-order valence-corrected chi connectivity index (χ2v) is 9.93. The highest BCUT2D eigenvalue weighted by molar-refractivity contribution is 7.90. The third-order valence-corrected chi connectivity index (χ3v) is 6.03. The highest BCUT2D eigenvalue weighted by atomic mass is 32.2. The molecular formula is C17H35NO2S. The number of hydrogen-bond donors (Lipinski definition) is 1. The summed E-state index contributed by atoms with van der Waals surface area (Å²) in [5, 5.41) is 3.58. The van der Waals surface area contributed by atoms with E-state index in [9.17, 15) is 8.42 Å². The number of hydrogen-bond acceptors (Lipinski definition) is 3. The molecule has 0 bridgehead atoms. The molecule has 3 unspecified atom stereocenters. The molecule has 0 amide bonds. The van der Waals surface area contributed by atoms with Gasteiger partial charge in [-0.05, 0) is 62.3 Å². The van der Waals surface area contributed by atoms with Crippen LogP contribution in [0.5, 0.6) is 0 Å². The lowest BCUT2D eigenvalue weighted by Gasteiger charge is -2.38. The van der Waals surface area contributed by atoms with E-state index >= 15 is 0 Å². The third kappa shape index (κ3) is 7.64. The maximum Gasteiger partial charge on any atom is 0.147 e. The van der Waals surface area contributed by atoms with Crippen LogP contribution < -0.4 is 5.32 Å². The molecule has 0 spiro atoms. The van der Waals surface area contributed by atoms with Crippen molar-refractivity contribution in [2.24, 2.45) is 23.7 Å². The average Bonchev–Trinajstić information content (AvgIpc) is 2.35. The molecule has 0 heterocycles. The van der Waals surface area contributed by atoms with E-state index in [-0.39, 0.29) is 0 Å². The van der Waals surface area contributed by atoms with E-state index in [0.29, 0.717) is 17.7 Å². The summed E-state index contributed by atoms with van der Waals surface area (Å²) < 4.78 is 22.7. The zero-order chi connectivity index (χ0) is 16.0. The van der Waals surface area contributed by atoms with Crippen LogP contribution in [0.1, 0.15) is 59.8 Å². The summed E-state index contributed by atoms with van der Waals surface area (Å²) in [5.74, 6) is 3.34. The monoisotopic (exact) mass is 317 g/mol. The van der Waals surface area contributed by atoms with Gasteiger partial charge in [0.05, 0.1) is 0 Å². The van der Waals surface area contributed by atoms with E-state index in [1.807, 2.05) is 0 Å². The van der Waals surface area contributed by atoms with Crippen molar-refractivity contribution in [2.45, 2.75) is 65.8 Å². The van der Waals surface area contributed by atoms with E-state index in [1.165, 1.54) is 25.5 Å². The van der Waals surface area contributed by atoms with Gasteiger partial charge in [-0.15, -0.1) is 0 Å². The van der Waals surface area contributed by atoms with Gasteiger partial charge in [-0.1, -0.05) is 27.7 Å². The molecule has 3 atom stereocenters. The largest absolute Gasteiger partial charge is 0.314 e. The second-order valence-electron chi connectivity index (χ2n) is 7.67. The van der Waals surface area contributed by atoms with E-state index in [4.69, 9.17) is 0 Å². The number of sulfone groups is 1. The zero-order valence-electron chi connectivity index (χ0n) is 14.6. The van der Waals surface area contributed by atoms with Gasteiger partial charge in [0.2, 0.25) is 0 Å². The molecule has 0 aromatic heterocycles. The fourth-order valence-corrected chi connectivity index (χ4v) is 4.28. The highest BCUT2D eigenvalue weighted by Gasteiger charge is 2.31. The standard InChI is InChI=1S/C17H35NO2S/c1-13(2)15-8-9-17(12-18-14(3)4)16(11-15)7-6-10-21(5,19)20/h13-18H,6-12H2,1-5H3. The van der Waals surface area contributed by atoms with Gasteiger partial charge >= 0.3 is 0 Å². The molecule has 1 aliphatic carbocycles. The Morgan fingerprint density at radius 1 is 1.10 bits per heavy atom. The third-order valence-electron chi connectivity index (χ3n) is 5.00. The molecule has 0 saturated heterocycles. The van der Waals surface area contributed by atoms with Crippen molar-refractivity contribution in [2.75, 3.05) is 18.6 Å². The SMILES string of the molecule is CC(C)NCC1CCC(C(C)C)CC1CCCS(C)(=O)=O. The summed E-state index contributed by atoms with van der Waals surface area (Å²) in [6.45, 7) is 10.1. The van der Waals surface area contributed by atoms with Gasteiger partial charge in [0.25, 0.3) is 0 Å². The summed E-state index contributed by atoms with van der Waals surface area (Å²) in [5.41, 5.74) is 0. The summed E-state index contributed by atoms with van der Waals surface area (Å²) in [6.07, 6.45) is 7.17. The minimum absolute atomic E-state index is 0.347. The minimum Gasteiger partial charge on any atom is -0.314 e. The van der Waals surface area contributed by atoms with Crippen molar-refractivity contribution >= 4 is 9.84 Å². The van der Waals surface area contributed by atoms with Crippen LogP contribution in [0.4, 0.5) is 0 Å². The lowest BCUT2D eigenvalue weighted by atomic mass is 9.69. The van der Waals surface area contributed by atoms with Gasteiger partial charge in [0.1, 0.15) is 9.84 Å². The van der Waals surface area contributed by atoms with Crippen molar-refractivity contribution in [3.63, 3.8) is 0 Å². The normalized spacial score (nSPS) is 27.5. The van der Waals surface area contributed by atoms with Crippen molar-refractivity contribution in [3.8, 4) is 0 Å². The number of nitrogens with one attached hydrogen (secondary N) is 1. The lowest BCUT2D eigenvalue weighted by Crippen LogP contribution is -2.37. The molecule has 21 heavy (non-hydrogen) atoms. The van der Waals surface area contributed by atoms with Crippen molar-refractivity contribution in [1.29, 1.82) is 0 Å². The van der Waals surface area contributed by atoms with Crippen LogP contribution in [0.2, 0.25) is 0 Å². The van der Waals surface area contributed by atoms with E-state index in [2.05, 4.69) is 33.0 Å². The molecular weight excluding hydrogens is 282 g/mol. The molecule has 0 aromatic carbocycles. The van der Waals surface area contributed by atoms with Gasteiger partial charge in [0, 0.05) is 18.1 Å². The first-order valence-corrected chi connectivity index (χ1v) is 10.7. The Morgan fingerprint density at radius 2 is 1.76 bits per heavy atom. The Kier molecular flexibility index (Phi) is 7.69. The molecule has 0 aromatic rings.